The van der Waals surface area contributed by atoms with Crippen LogP contribution in [0.1, 0.15) is 44.1 Å². The molecule has 0 aliphatic heterocycles. The first kappa shape index (κ1) is 16.5. The highest BCUT2D eigenvalue weighted by molar-refractivity contribution is 7.80. The minimum Gasteiger partial charge on any atom is -0.493 e. The maximum absolute atomic E-state index is 12.5. The number of alkyl halides is 3. The highest BCUT2D eigenvalue weighted by Gasteiger charge is 2.31. The average molecular weight is 318 g/mol. The maximum Gasteiger partial charge on any atom is 0.416 e. The van der Waals surface area contributed by atoms with E-state index < -0.39 is 11.7 Å². The van der Waals surface area contributed by atoms with Crippen molar-refractivity contribution in [3.05, 3.63) is 29.8 Å². The highest BCUT2D eigenvalue weighted by Crippen LogP contribution is 2.37. The van der Waals surface area contributed by atoms with Crippen molar-refractivity contribution >= 4 is 12.6 Å². The largest absolute Gasteiger partial charge is 0.493 e. The summed E-state index contributed by atoms with van der Waals surface area (Å²) in [5.74, 6) is 1.25. The Morgan fingerprint density at radius 1 is 1.00 bits per heavy atom. The van der Waals surface area contributed by atoms with Crippen molar-refractivity contribution in [3.8, 4) is 5.75 Å². The van der Waals surface area contributed by atoms with E-state index in [4.69, 9.17) is 4.74 Å². The van der Waals surface area contributed by atoms with E-state index in [1.807, 2.05) is 0 Å². The average Bonchev–Trinajstić information content (AvgIpc) is 2.71. The molecule has 0 spiro atoms. The normalized spacial score (nSPS) is 19.0. The van der Waals surface area contributed by atoms with Gasteiger partial charge >= 0.3 is 6.18 Å². The fraction of sp³-hybridized carbons (Fsp3) is 0.625. The maximum atomic E-state index is 12.5. The Kier molecular flexibility index (Phi) is 5.47. The van der Waals surface area contributed by atoms with Gasteiger partial charge < -0.3 is 4.74 Å². The molecule has 1 aliphatic carbocycles. The van der Waals surface area contributed by atoms with Crippen molar-refractivity contribution in [2.24, 2.45) is 5.41 Å². The first-order valence-corrected chi connectivity index (χ1v) is 7.99. The van der Waals surface area contributed by atoms with Crippen molar-refractivity contribution < 1.29 is 17.9 Å². The molecule has 0 atom stereocenters. The molecule has 0 amide bonds. The molecular formula is C16H21F3OS. The van der Waals surface area contributed by atoms with Crippen molar-refractivity contribution in [2.75, 3.05) is 12.4 Å². The van der Waals surface area contributed by atoms with Crippen LogP contribution >= 0.6 is 12.6 Å². The Bertz CT molecular complexity index is 434. The van der Waals surface area contributed by atoms with Crippen molar-refractivity contribution in [1.82, 2.24) is 0 Å². The molecule has 1 aromatic carbocycles. The van der Waals surface area contributed by atoms with Crippen LogP contribution in [0.5, 0.6) is 5.75 Å². The zero-order valence-electron chi connectivity index (χ0n) is 12.0. The number of benzene rings is 1. The molecular weight excluding hydrogens is 297 g/mol. The predicted molar refractivity (Wildman–Crippen MR) is 80.9 cm³/mol. The predicted octanol–water partition coefficient (Wildman–Crippen LogP) is 5.35. The second-order valence-corrected chi connectivity index (χ2v) is 6.20. The second kappa shape index (κ2) is 6.95. The van der Waals surface area contributed by atoms with E-state index in [9.17, 15) is 13.2 Å². The van der Waals surface area contributed by atoms with E-state index in [1.165, 1.54) is 37.8 Å². The van der Waals surface area contributed by atoms with Crippen molar-refractivity contribution in [1.29, 1.82) is 0 Å². The molecule has 0 unspecified atom stereocenters. The van der Waals surface area contributed by atoms with E-state index >= 15 is 0 Å². The summed E-state index contributed by atoms with van der Waals surface area (Å²) in [5.41, 5.74) is -0.587. The first-order valence-electron chi connectivity index (χ1n) is 7.36. The fourth-order valence-electron chi connectivity index (χ4n) is 2.80. The standard InChI is InChI=1S/C16H21F3OS/c17-16(18,19)13-5-7-14(8-6-13)20-11-15(12-21)9-3-1-2-4-10-15/h5-8,21H,1-4,9-12H2. The molecule has 21 heavy (non-hydrogen) atoms. The van der Waals surface area contributed by atoms with Crippen LogP contribution in [0.2, 0.25) is 0 Å². The third-order valence-electron chi connectivity index (χ3n) is 4.23. The molecule has 0 bridgehead atoms. The zero-order valence-corrected chi connectivity index (χ0v) is 12.9. The number of hydrogen-bond donors (Lipinski definition) is 1. The molecule has 118 valence electrons. The van der Waals surface area contributed by atoms with Crippen LogP contribution in [0, 0.1) is 5.41 Å². The summed E-state index contributed by atoms with van der Waals surface area (Å²) < 4.78 is 43.3. The van der Waals surface area contributed by atoms with Gasteiger partial charge in [0.05, 0.1) is 12.2 Å². The van der Waals surface area contributed by atoms with Gasteiger partial charge in [-0.2, -0.15) is 25.8 Å². The topological polar surface area (TPSA) is 9.23 Å². The lowest BCUT2D eigenvalue weighted by molar-refractivity contribution is -0.137. The van der Waals surface area contributed by atoms with E-state index in [0.29, 0.717) is 12.4 Å². The van der Waals surface area contributed by atoms with Crippen LogP contribution < -0.4 is 4.74 Å². The molecule has 1 nitrogen and oxygen atoms in total. The van der Waals surface area contributed by atoms with Gasteiger partial charge in [0.15, 0.2) is 0 Å². The summed E-state index contributed by atoms with van der Waals surface area (Å²) in [4.78, 5) is 0. The number of ether oxygens (including phenoxy) is 1. The molecule has 1 fully saturated rings. The number of thiol groups is 1. The highest BCUT2D eigenvalue weighted by atomic mass is 32.1. The first-order chi connectivity index (χ1) is 9.95. The molecule has 0 radical (unpaired) electrons. The van der Waals surface area contributed by atoms with Crippen LogP contribution in [0.4, 0.5) is 13.2 Å². The van der Waals surface area contributed by atoms with Gasteiger partial charge in [-0.15, -0.1) is 0 Å². The molecule has 1 aliphatic rings. The summed E-state index contributed by atoms with van der Waals surface area (Å²) in [7, 11) is 0. The van der Waals surface area contributed by atoms with Gasteiger partial charge in [0.25, 0.3) is 0 Å². The minimum absolute atomic E-state index is 0.0578. The molecule has 2 rings (SSSR count). The van der Waals surface area contributed by atoms with E-state index in [0.717, 1.165) is 30.7 Å². The number of rotatable bonds is 4. The molecule has 0 aromatic heterocycles. The summed E-state index contributed by atoms with van der Waals surface area (Å²) >= 11 is 4.47. The SMILES string of the molecule is FC(F)(F)c1ccc(OCC2(CS)CCCCCC2)cc1. The number of halogens is 3. The third-order valence-corrected chi connectivity index (χ3v) is 4.90. The summed E-state index contributed by atoms with van der Waals surface area (Å²) in [6.45, 7) is 0.530. The second-order valence-electron chi connectivity index (χ2n) is 5.88. The monoisotopic (exact) mass is 318 g/mol. The molecule has 0 heterocycles. The van der Waals surface area contributed by atoms with E-state index in [-0.39, 0.29) is 5.41 Å². The summed E-state index contributed by atoms with van der Waals surface area (Å²) in [6.07, 6.45) is 2.71. The van der Waals surface area contributed by atoms with Gasteiger partial charge in [-0.1, -0.05) is 25.7 Å². The Morgan fingerprint density at radius 2 is 1.57 bits per heavy atom. The van der Waals surface area contributed by atoms with Crippen LogP contribution in [-0.4, -0.2) is 12.4 Å². The Balaban J connectivity index is 1.97. The van der Waals surface area contributed by atoms with Gasteiger partial charge in [0.2, 0.25) is 0 Å². The quantitative estimate of drug-likeness (QED) is 0.581. The van der Waals surface area contributed by atoms with E-state index in [1.54, 1.807) is 0 Å². The van der Waals surface area contributed by atoms with Crippen LogP contribution in [0.25, 0.3) is 0 Å². The fourth-order valence-corrected chi connectivity index (χ4v) is 3.21. The molecule has 5 heteroatoms. The Hall–Kier alpha value is -0.840. The lowest BCUT2D eigenvalue weighted by atomic mass is 9.83. The number of hydrogen-bond acceptors (Lipinski definition) is 2. The van der Waals surface area contributed by atoms with Gasteiger partial charge in [-0.25, -0.2) is 0 Å². The van der Waals surface area contributed by atoms with Crippen LogP contribution in [0.3, 0.4) is 0 Å². The van der Waals surface area contributed by atoms with Gasteiger partial charge in [-0.05, 0) is 42.9 Å². The lowest BCUT2D eigenvalue weighted by Gasteiger charge is -2.31. The minimum atomic E-state index is -4.30. The molecule has 1 aromatic rings. The van der Waals surface area contributed by atoms with Crippen LogP contribution in [-0.2, 0) is 6.18 Å². The van der Waals surface area contributed by atoms with Crippen molar-refractivity contribution in [3.63, 3.8) is 0 Å². The van der Waals surface area contributed by atoms with Crippen LogP contribution in [0.15, 0.2) is 24.3 Å². The Morgan fingerprint density at radius 3 is 2.05 bits per heavy atom. The molecule has 0 saturated heterocycles. The Labute approximate surface area is 129 Å². The molecule has 0 N–H and O–H groups in total. The van der Waals surface area contributed by atoms with Gasteiger partial charge in [0, 0.05) is 5.41 Å². The van der Waals surface area contributed by atoms with Crippen molar-refractivity contribution in [2.45, 2.75) is 44.7 Å². The van der Waals surface area contributed by atoms with E-state index in [2.05, 4.69) is 12.6 Å². The lowest BCUT2D eigenvalue weighted by Crippen LogP contribution is -2.30. The third kappa shape index (κ3) is 4.56. The smallest absolute Gasteiger partial charge is 0.416 e. The van der Waals surface area contributed by atoms with Gasteiger partial charge in [-0.3, -0.25) is 0 Å². The van der Waals surface area contributed by atoms with Gasteiger partial charge in [0.1, 0.15) is 5.75 Å². The summed E-state index contributed by atoms with van der Waals surface area (Å²) in [6, 6.07) is 4.92. The zero-order chi connectivity index (χ0) is 15.3. The summed E-state index contributed by atoms with van der Waals surface area (Å²) in [5, 5.41) is 0. The molecule has 1 saturated carbocycles.